The lowest BCUT2D eigenvalue weighted by Crippen LogP contribution is -2.16. The number of aliphatic imine (C=N–C) groups is 1. The minimum Gasteiger partial charge on any atom is -0.475 e. The number of rotatable bonds is 7. The molecule has 0 aliphatic carbocycles. The zero-order valence-electron chi connectivity index (χ0n) is 17.7. The predicted molar refractivity (Wildman–Crippen MR) is 133 cm³/mol. The summed E-state index contributed by atoms with van der Waals surface area (Å²) in [6.45, 7) is 0.588. The van der Waals surface area contributed by atoms with Crippen molar-refractivity contribution < 1.29 is 9.26 Å². The molecule has 3 nitrogen and oxygen atoms in total. The van der Waals surface area contributed by atoms with Gasteiger partial charge in [-0.05, 0) is 24.1 Å². The van der Waals surface area contributed by atoms with Crippen LogP contribution in [0.2, 0.25) is 0 Å². The zero-order chi connectivity index (χ0) is 21.6. The fourth-order valence-electron chi connectivity index (χ4n) is 3.76. The van der Waals surface area contributed by atoms with Crippen molar-refractivity contribution in [2.45, 2.75) is 12.5 Å². The number of hydrogen-bond acceptors (Lipinski definition) is 3. The van der Waals surface area contributed by atoms with E-state index in [1.165, 1.54) is 16.2 Å². The third-order valence-corrected chi connectivity index (χ3v) is 7.23. The maximum absolute atomic E-state index is 6.69. The van der Waals surface area contributed by atoms with Gasteiger partial charge in [0.05, 0.1) is 11.6 Å². The standard InChI is InChI=1S/C28H24NO2P/c1-4-12-22(13-5-1)20-23-21-30-28(29-23)26-18-10-11-19-27(26)31-32(24-14-6-2-7-15-24)25-16-8-3-9-17-25/h1-19,23H,20-21H2/t23-/m0/s1. The van der Waals surface area contributed by atoms with Gasteiger partial charge in [0.25, 0.3) is 0 Å². The van der Waals surface area contributed by atoms with E-state index in [0.717, 1.165) is 17.7 Å². The lowest BCUT2D eigenvalue weighted by Gasteiger charge is -2.21. The molecule has 0 N–H and O–H groups in total. The lowest BCUT2D eigenvalue weighted by atomic mass is 10.1. The van der Waals surface area contributed by atoms with Gasteiger partial charge < -0.3 is 9.26 Å². The van der Waals surface area contributed by atoms with Crippen molar-refractivity contribution in [3.63, 3.8) is 0 Å². The molecule has 0 amide bonds. The molecule has 0 fully saturated rings. The Labute approximate surface area is 190 Å². The van der Waals surface area contributed by atoms with Crippen LogP contribution in [-0.2, 0) is 11.2 Å². The van der Waals surface area contributed by atoms with Gasteiger partial charge in [-0.15, -0.1) is 0 Å². The Kier molecular flexibility index (Phi) is 6.28. The van der Waals surface area contributed by atoms with Crippen LogP contribution in [0.4, 0.5) is 0 Å². The molecule has 32 heavy (non-hydrogen) atoms. The van der Waals surface area contributed by atoms with Crippen LogP contribution in [0.1, 0.15) is 11.1 Å². The lowest BCUT2D eigenvalue weighted by molar-refractivity contribution is 0.316. The molecule has 1 aliphatic rings. The normalized spacial score (nSPS) is 15.3. The molecule has 158 valence electrons. The second-order valence-electron chi connectivity index (χ2n) is 7.64. The van der Waals surface area contributed by atoms with Gasteiger partial charge in [0.2, 0.25) is 5.90 Å². The first-order valence-electron chi connectivity index (χ1n) is 10.8. The van der Waals surface area contributed by atoms with E-state index in [2.05, 4.69) is 72.8 Å². The summed E-state index contributed by atoms with van der Waals surface area (Å²) in [4.78, 5) is 4.89. The Bertz CT molecular complexity index is 1140. The zero-order valence-corrected chi connectivity index (χ0v) is 18.6. The molecule has 1 atom stereocenters. The van der Waals surface area contributed by atoms with E-state index >= 15 is 0 Å². The fraction of sp³-hybridized carbons (Fsp3) is 0.107. The molecule has 4 heteroatoms. The van der Waals surface area contributed by atoms with E-state index in [1.54, 1.807) is 0 Å². The minimum absolute atomic E-state index is 0.116. The molecule has 1 heterocycles. The van der Waals surface area contributed by atoms with Crippen molar-refractivity contribution in [1.82, 2.24) is 0 Å². The van der Waals surface area contributed by atoms with Crippen molar-refractivity contribution in [2.24, 2.45) is 4.99 Å². The Morgan fingerprint density at radius 3 is 1.94 bits per heavy atom. The highest BCUT2D eigenvalue weighted by molar-refractivity contribution is 7.68. The third kappa shape index (κ3) is 4.74. The molecule has 1 aliphatic heterocycles. The molecule has 0 unspecified atom stereocenters. The molecule has 0 radical (unpaired) electrons. The van der Waals surface area contributed by atoms with Crippen molar-refractivity contribution in [1.29, 1.82) is 0 Å². The smallest absolute Gasteiger partial charge is 0.220 e. The quantitative estimate of drug-likeness (QED) is 0.358. The van der Waals surface area contributed by atoms with Crippen LogP contribution in [0, 0.1) is 0 Å². The number of benzene rings is 4. The van der Waals surface area contributed by atoms with E-state index in [4.69, 9.17) is 14.3 Å². The van der Waals surface area contributed by atoms with Gasteiger partial charge in [-0.1, -0.05) is 103 Å². The van der Waals surface area contributed by atoms with Crippen molar-refractivity contribution >= 4 is 24.7 Å². The highest BCUT2D eigenvalue weighted by atomic mass is 31.1. The molecular weight excluding hydrogens is 413 g/mol. The van der Waals surface area contributed by atoms with Crippen LogP contribution in [0.3, 0.4) is 0 Å². The van der Waals surface area contributed by atoms with Gasteiger partial charge >= 0.3 is 0 Å². The molecule has 0 spiro atoms. The van der Waals surface area contributed by atoms with Gasteiger partial charge in [-0.2, -0.15) is 0 Å². The van der Waals surface area contributed by atoms with Gasteiger partial charge in [0, 0.05) is 10.6 Å². The van der Waals surface area contributed by atoms with Gasteiger partial charge in [0.15, 0.2) is 8.15 Å². The van der Waals surface area contributed by atoms with Crippen LogP contribution in [-0.4, -0.2) is 18.5 Å². The first-order chi connectivity index (χ1) is 15.9. The maximum atomic E-state index is 6.69. The molecule has 0 saturated carbocycles. The van der Waals surface area contributed by atoms with Crippen LogP contribution < -0.4 is 15.1 Å². The van der Waals surface area contributed by atoms with Crippen molar-refractivity contribution in [2.75, 3.05) is 6.61 Å². The second kappa shape index (κ2) is 9.80. The third-order valence-electron chi connectivity index (χ3n) is 5.31. The van der Waals surface area contributed by atoms with Gasteiger partial charge in [-0.3, -0.25) is 0 Å². The summed E-state index contributed by atoms with van der Waals surface area (Å²) < 4.78 is 12.7. The van der Waals surface area contributed by atoms with Crippen LogP contribution in [0.5, 0.6) is 5.75 Å². The number of ether oxygens (including phenoxy) is 1. The summed E-state index contributed by atoms with van der Waals surface area (Å²) in [5.74, 6) is 1.46. The highest BCUT2D eigenvalue weighted by Crippen LogP contribution is 2.38. The first-order valence-corrected chi connectivity index (χ1v) is 12.0. The van der Waals surface area contributed by atoms with E-state index in [-0.39, 0.29) is 6.04 Å². The molecule has 5 rings (SSSR count). The topological polar surface area (TPSA) is 30.8 Å². The Morgan fingerprint density at radius 2 is 1.28 bits per heavy atom. The summed E-state index contributed by atoms with van der Waals surface area (Å²) in [6, 6.07) is 39.4. The van der Waals surface area contributed by atoms with Crippen molar-refractivity contribution in [3.05, 3.63) is 126 Å². The number of hydrogen-bond donors (Lipinski definition) is 0. The molecule has 4 aromatic rings. The predicted octanol–water partition coefficient (Wildman–Crippen LogP) is 5.50. The second-order valence-corrected chi connectivity index (χ2v) is 9.45. The van der Waals surface area contributed by atoms with Gasteiger partial charge in [0.1, 0.15) is 12.4 Å². The monoisotopic (exact) mass is 437 g/mol. The van der Waals surface area contributed by atoms with E-state index in [0.29, 0.717) is 12.5 Å². The van der Waals surface area contributed by atoms with Gasteiger partial charge in [-0.25, -0.2) is 4.99 Å². The van der Waals surface area contributed by atoms with E-state index in [1.807, 2.05) is 42.5 Å². The van der Waals surface area contributed by atoms with E-state index in [9.17, 15) is 0 Å². The average Bonchev–Trinajstić information content (AvgIpc) is 3.33. The summed E-state index contributed by atoms with van der Waals surface area (Å²) >= 11 is 0. The summed E-state index contributed by atoms with van der Waals surface area (Å²) in [5, 5.41) is 2.33. The van der Waals surface area contributed by atoms with Crippen LogP contribution in [0.25, 0.3) is 0 Å². The van der Waals surface area contributed by atoms with Crippen molar-refractivity contribution in [3.8, 4) is 5.75 Å². The molecule has 0 bridgehead atoms. The largest absolute Gasteiger partial charge is 0.475 e. The van der Waals surface area contributed by atoms with Crippen LogP contribution in [0.15, 0.2) is 120 Å². The van der Waals surface area contributed by atoms with Crippen LogP contribution >= 0.6 is 8.15 Å². The maximum Gasteiger partial charge on any atom is 0.220 e. The number of nitrogens with zero attached hydrogens (tertiary/aromatic N) is 1. The first kappa shape index (κ1) is 20.5. The number of para-hydroxylation sites is 1. The fourth-order valence-corrected chi connectivity index (χ4v) is 5.51. The minimum atomic E-state index is -1.02. The average molecular weight is 437 g/mol. The Morgan fingerprint density at radius 1 is 0.719 bits per heavy atom. The Balaban J connectivity index is 1.43. The molecule has 4 aromatic carbocycles. The highest BCUT2D eigenvalue weighted by Gasteiger charge is 2.25. The SMILES string of the molecule is c1ccc(C[C@H]2COC(c3ccccc3OP(c3ccccc3)c3ccccc3)=N2)cc1. The molecule has 0 saturated heterocycles. The van der Waals surface area contributed by atoms with E-state index < -0.39 is 8.15 Å². The summed E-state index contributed by atoms with van der Waals surface area (Å²) in [6.07, 6.45) is 0.869. The molecular formula is C28H24NO2P. The summed E-state index contributed by atoms with van der Waals surface area (Å²) in [7, 11) is -1.02. The summed E-state index contributed by atoms with van der Waals surface area (Å²) in [5.41, 5.74) is 2.18. The molecule has 0 aromatic heterocycles. The Hall–Kier alpha value is -3.42.